The first-order valence-corrected chi connectivity index (χ1v) is 12.6. The fourth-order valence-electron chi connectivity index (χ4n) is 4.74. The average molecular weight is 550 g/mol. The fourth-order valence-corrected chi connectivity index (χ4v) is 4.74. The summed E-state index contributed by atoms with van der Waals surface area (Å²) in [6, 6.07) is 5.05. The number of aryl methyl sites for hydroxylation is 1. The molecule has 2 aliphatic rings. The lowest BCUT2D eigenvalue weighted by Crippen LogP contribution is -2.52. The van der Waals surface area contributed by atoms with E-state index >= 15 is 0 Å². The minimum atomic E-state index is -0.720. The van der Waals surface area contributed by atoms with Gasteiger partial charge in [0.25, 0.3) is 0 Å². The molecule has 1 atom stereocenters. The van der Waals surface area contributed by atoms with Gasteiger partial charge in [-0.05, 0) is 37.6 Å². The molecule has 5 rings (SSSR count). The number of amides is 2. The van der Waals surface area contributed by atoms with Crippen LogP contribution in [0.25, 0.3) is 11.3 Å². The van der Waals surface area contributed by atoms with Crippen LogP contribution in [0, 0.1) is 29.9 Å². The number of hydrogen-bond acceptors (Lipinski definition) is 9. The Balaban J connectivity index is 1.30. The normalized spacial score (nSPS) is 16.8. The first kappa shape index (κ1) is 26.7. The van der Waals surface area contributed by atoms with Crippen LogP contribution >= 0.6 is 0 Å². The number of hydrogen-bond donors (Lipinski definition) is 1. The maximum atomic E-state index is 14.8. The summed E-state index contributed by atoms with van der Waals surface area (Å²) in [6.45, 7) is 4.76. The highest BCUT2D eigenvalue weighted by atomic mass is 19.1. The van der Waals surface area contributed by atoms with Gasteiger partial charge >= 0.3 is 12.0 Å². The van der Waals surface area contributed by atoms with E-state index in [1.54, 1.807) is 31.0 Å². The Morgan fingerprint density at radius 2 is 1.98 bits per heavy atom. The molecule has 0 aliphatic carbocycles. The molecule has 1 N–H and O–H groups in total. The van der Waals surface area contributed by atoms with E-state index < -0.39 is 23.6 Å². The third-order valence-corrected chi connectivity index (χ3v) is 6.68. The van der Waals surface area contributed by atoms with Gasteiger partial charge in [0.1, 0.15) is 11.5 Å². The predicted molar refractivity (Wildman–Crippen MR) is 138 cm³/mol. The third-order valence-electron chi connectivity index (χ3n) is 6.68. The lowest BCUT2D eigenvalue weighted by molar-refractivity contribution is 0.0520. The molecule has 0 saturated carbocycles. The molecule has 0 spiro atoms. The van der Waals surface area contributed by atoms with Gasteiger partial charge in [0.05, 0.1) is 36.0 Å². The van der Waals surface area contributed by atoms with Crippen molar-refractivity contribution in [2.75, 3.05) is 37.7 Å². The summed E-state index contributed by atoms with van der Waals surface area (Å²) >= 11 is 0. The lowest BCUT2D eigenvalue weighted by Gasteiger charge is -2.37. The summed E-state index contributed by atoms with van der Waals surface area (Å²) in [6.07, 6.45) is 3.02. The largest absolute Gasteiger partial charge is 0.461 e. The van der Waals surface area contributed by atoms with E-state index in [2.05, 4.69) is 25.3 Å². The molecule has 2 aliphatic heterocycles. The van der Waals surface area contributed by atoms with Gasteiger partial charge in [-0.15, -0.1) is 0 Å². The van der Waals surface area contributed by atoms with Gasteiger partial charge in [0.2, 0.25) is 5.95 Å². The standard InChI is InChI=1S/C26H25F2N9O3/c1-3-40-24(38)23-21(15(2)33-34-23)22-19(28)14-30-25(32-22)35-6-8-36(9-7-35)26(39)37-20(4-5-31-37)17-10-16(13-29)11-18(27)12-17/h5,10-12,14,20H,3-4,6-9H2,1-2H3,(H,33,34). The monoisotopic (exact) mass is 549 g/mol. The van der Waals surface area contributed by atoms with Crippen molar-refractivity contribution in [1.29, 1.82) is 5.26 Å². The van der Waals surface area contributed by atoms with Crippen LogP contribution in [0.1, 0.15) is 46.7 Å². The summed E-state index contributed by atoms with van der Waals surface area (Å²) in [5.74, 6) is -1.73. The Labute approximate surface area is 227 Å². The Hall–Kier alpha value is -4.93. The van der Waals surface area contributed by atoms with Crippen molar-refractivity contribution in [3.63, 3.8) is 0 Å². The molecular weight excluding hydrogens is 524 g/mol. The quantitative estimate of drug-likeness (QED) is 0.478. The molecule has 0 radical (unpaired) electrons. The number of rotatable bonds is 5. The van der Waals surface area contributed by atoms with E-state index in [4.69, 9.17) is 4.74 Å². The molecule has 1 fully saturated rings. The van der Waals surface area contributed by atoms with E-state index in [1.165, 1.54) is 11.1 Å². The first-order valence-electron chi connectivity index (χ1n) is 12.6. The molecule has 0 bridgehead atoms. The average Bonchev–Trinajstić information content (AvgIpc) is 3.60. The number of benzene rings is 1. The number of nitriles is 1. The van der Waals surface area contributed by atoms with Crippen LogP contribution in [0.15, 0.2) is 29.5 Å². The van der Waals surface area contributed by atoms with Crippen LogP contribution in [0.4, 0.5) is 19.5 Å². The topological polar surface area (TPSA) is 144 Å². The minimum Gasteiger partial charge on any atom is -0.461 e. The molecule has 1 aromatic carbocycles. The van der Waals surface area contributed by atoms with Gasteiger partial charge in [-0.1, -0.05) is 0 Å². The number of H-pyrrole nitrogens is 1. The molecule has 206 valence electrons. The van der Waals surface area contributed by atoms with E-state index in [-0.39, 0.29) is 41.1 Å². The summed E-state index contributed by atoms with van der Waals surface area (Å²) in [5, 5.41) is 21.3. The Bertz CT molecular complexity index is 1530. The molecule has 4 heterocycles. The highest BCUT2D eigenvalue weighted by Crippen LogP contribution is 2.31. The third kappa shape index (κ3) is 5.05. The van der Waals surface area contributed by atoms with Crippen LogP contribution < -0.4 is 4.90 Å². The number of aromatic nitrogens is 4. The number of anilines is 1. The van der Waals surface area contributed by atoms with Crippen LogP contribution in [-0.2, 0) is 4.74 Å². The summed E-state index contributed by atoms with van der Waals surface area (Å²) in [4.78, 5) is 37.6. The highest BCUT2D eigenvalue weighted by molar-refractivity contribution is 5.95. The second-order valence-corrected chi connectivity index (χ2v) is 9.20. The number of carbonyl (C=O) groups is 2. The summed E-state index contributed by atoms with van der Waals surface area (Å²) in [7, 11) is 0. The molecular formula is C26H25F2N9O3. The number of ether oxygens (including phenoxy) is 1. The Kier molecular flexibility index (Phi) is 7.37. The zero-order valence-corrected chi connectivity index (χ0v) is 21.8. The van der Waals surface area contributed by atoms with E-state index in [0.717, 1.165) is 12.3 Å². The number of nitrogens with one attached hydrogen (secondary N) is 1. The Morgan fingerprint density at radius 1 is 1.20 bits per heavy atom. The van der Waals surface area contributed by atoms with E-state index in [0.29, 0.717) is 43.9 Å². The highest BCUT2D eigenvalue weighted by Gasteiger charge is 2.34. The predicted octanol–water partition coefficient (Wildman–Crippen LogP) is 3.18. The molecule has 1 saturated heterocycles. The second-order valence-electron chi connectivity index (χ2n) is 9.20. The molecule has 12 nitrogen and oxygen atoms in total. The number of nitrogens with zero attached hydrogens (tertiary/aromatic N) is 8. The zero-order chi connectivity index (χ0) is 28.4. The van der Waals surface area contributed by atoms with Gasteiger partial charge in [0.15, 0.2) is 11.5 Å². The van der Waals surface area contributed by atoms with Gasteiger partial charge in [-0.3, -0.25) is 5.10 Å². The second kappa shape index (κ2) is 11.0. The molecule has 1 unspecified atom stereocenters. The van der Waals surface area contributed by atoms with Gasteiger partial charge in [-0.25, -0.2) is 33.3 Å². The van der Waals surface area contributed by atoms with Crippen molar-refractivity contribution in [1.82, 2.24) is 30.1 Å². The number of halogens is 2. The zero-order valence-electron chi connectivity index (χ0n) is 21.8. The summed E-state index contributed by atoms with van der Waals surface area (Å²) < 4.78 is 33.9. The first-order chi connectivity index (χ1) is 19.3. The van der Waals surface area contributed by atoms with Crippen molar-refractivity contribution < 1.29 is 23.1 Å². The molecule has 3 aromatic rings. The van der Waals surface area contributed by atoms with Crippen molar-refractivity contribution in [2.45, 2.75) is 26.3 Å². The van der Waals surface area contributed by atoms with Crippen LogP contribution in [-0.4, -0.2) is 81.1 Å². The van der Waals surface area contributed by atoms with Crippen molar-refractivity contribution >= 4 is 24.2 Å². The van der Waals surface area contributed by atoms with Crippen molar-refractivity contribution in [2.24, 2.45) is 5.10 Å². The van der Waals surface area contributed by atoms with E-state index in [9.17, 15) is 23.6 Å². The maximum absolute atomic E-state index is 14.8. The fraction of sp³-hybridized carbons (Fsp3) is 0.346. The van der Waals surface area contributed by atoms with Gasteiger partial charge in [-0.2, -0.15) is 15.5 Å². The van der Waals surface area contributed by atoms with Gasteiger partial charge in [0, 0.05) is 44.5 Å². The number of esters is 1. The smallest absolute Gasteiger partial charge is 0.359 e. The van der Waals surface area contributed by atoms with Gasteiger partial charge < -0.3 is 14.5 Å². The number of aromatic amines is 1. The van der Waals surface area contributed by atoms with Crippen LogP contribution in [0.2, 0.25) is 0 Å². The molecule has 40 heavy (non-hydrogen) atoms. The SMILES string of the molecule is CCOC(=O)c1n[nH]c(C)c1-c1nc(N2CCN(C(=O)N3N=CCC3c3cc(F)cc(C#N)c3)CC2)ncc1F. The molecule has 2 aromatic heterocycles. The summed E-state index contributed by atoms with van der Waals surface area (Å²) in [5.41, 5.74) is 1.15. The number of piperazine rings is 1. The lowest BCUT2D eigenvalue weighted by atomic mass is 10.0. The minimum absolute atomic E-state index is 0.0702. The molecule has 2 amide bonds. The Morgan fingerprint density at radius 3 is 2.70 bits per heavy atom. The van der Waals surface area contributed by atoms with Crippen LogP contribution in [0.5, 0.6) is 0 Å². The molecule has 14 heteroatoms. The number of hydrazone groups is 1. The number of carbonyl (C=O) groups excluding carboxylic acids is 2. The maximum Gasteiger partial charge on any atom is 0.359 e. The van der Waals surface area contributed by atoms with Crippen LogP contribution in [0.3, 0.4) is 0 Å². The van der Waals surface area contributed by atoms with Crippen molar-refractivity contribution in [3.05, 3.63) is 58.5 Å². The van der Waals surface area contributed by atoms with E-state index in [1.807, 2.05) is 11.0 Å². The van der Waals surface area contributed by atoms with Crippen molar-refractivity contribution in [3.8, 4) is 17.3 Å². The number of urea groups is 1.